The van der Waals surface area contributed by atoms with Gasteiger partial charge in [-0.25, -0.2) is 0 Å². The Labute approximate surface area is 85.5 Å². The number of hydrogen-bond acceptors (Lipinski definition) is 1. The van der Waals surface area contributed by atoms with Gasteiger partial charge >= 0.3 is 0 Å². The van der Waals surface area contributed by atoms with Crippen molar-refractivity contribution in [2.75, 3.05) is 0 Å². The Bertz CT molecular complexity index is 190. The lowest BCUT2D eigenvalue weighted by atomic mass is 10.2. The van der Waals surface area contributed by atoms with E-state index in [2.05, 4.69) is 53.5 Å². The third kappa shape index (κ3) is 3.79. The van der Waals surface area contributed by atoms with Gasteiger partial charge in [0.05, 0.1) is 0 Å². The lowest BCUT2D eigenvalue weighted by Crippen LogP contribution is -2.49. The molecule has 0 saturated carbocycles. The summed E-state index contributed by atoms with van der Waals surface area (Å²) < 4.78 is 6.30. The van der Waals surface area contributed by atoms with Crippen molar-refractivity contribution < 1.29 is 4.12 Å². The predicted molar refractivity (Wildman–Crippen MR) is 66.0 cm³/mol. The van der Waals surface area contributed by atoms with Crippen molar-refractivity contribution in [1.82, 2.24) is 0 Å². The molecule has 0 bridgehead atoms. The molecule has 0 aliphatic heterocycles. The molecule has 78 valence electrons. The molecule has 0 aromatic carbocycles. The lowest BCUT2D eigenvalue weighted by molar-refractivity contribution is 0.495. The van der Waals surface area contributed by atoms with E-state index in [1.165, 1.54) is 0 Å². The Morgan fingerprint density at radius 1 is 1.08 bits per heavy atom. The molecule has 0 spiro atoms. The second-order valence-corrected chi connectivity index (χ2v) is 14.6. The third-order valence-electron chi connectivity index (χ3n) is 2.82. The first-order valence-electron chi connectivity index (χ1n) is 4.86. The van der Waals surface area contributed by atoms with Gasteiger partial charge in [0.15, 0.2) is 16.6 Å². The lowest BCUT2D eigenvalue weighted by Gasteiger charge is -2.41. The highest BCUT2D eigenvalue weighted by atomic mass is 28.4. The Hall–Kier alpha value is 0.134. The maximum atomic E-state index is 6.30. The molecule has 0 amide bonds. The quantitative estimate of drug-likeness (QED) is 0.649. The summed E-state index contributed by atoms with van der Waals surface area (Å²) >= 11 is 0. The molecule has 0 saturated heterocycles. The first-order valence-corrected chi connectivity index (χ1v) is 10.7. The molecule has 0 heterocycles. The zero-order valence-corrected chi connectivity index (χ0v) is 12.2. The second-order valence-electron chi connectivity index (χ2n) is 5.67. The summed E-state index contributed by atoms with van der Waals surface area (Å²) in [6, 6.07) is 0. The van der Waals surface area contributed by atoms with E-state index in [4.69, 9.17) is 4.12 Å². The van der Waals surface area contributed by atoms with Gasteiger partial charge in [0, 0.05) is 0 Å². The Balaban J connectivity index is 4.61. The third-order valence-corrected chi connectivity index (χ3v) is 11.6. The van der Waals surface area contributed by atoms with Crippen LogP contribution in [0, 0.1) is 0 Å². The van der Waals surface area contributed by atoms with E-state index in [1.54, 1.807) is 0 Å². The zero-order chi connectivity index (χ0) is 10.9. The van der Waals surface area contributed by atoms with Crippen LogP contribution in [0.4, 0.5) is 0 Å². The highest BCUT2D eigenvalue weighted by Crippen LogP contribution is 2.38. The van der Waals surface area contributed by atoms with Gasteiger partial charge in [0.25, 0.3) is 0 Å². The van der Waals surface area contributed by atoms with Crippen molar-refractivity contribution in [2.24, 2.45) is 0 Å². The maximum absolute atomic E-state index is 6.30. The van der Waals surface area contributed by atoms with E-state index in [0.29, 0.717) is 5.04 Å². The minimum Gasteiger partial charge on any atom is -0.452 e. The van der Waals surface area contributed by atoms with Crippen molar-refractivity contribution in [3.05, 3.63) is 12.3 Å². The molecule has 13 heavy (non-hydrogen) atoms. The fourth-order valence-electron chi connectivity index (χ4n) is 0.852. The van der Waals surface area contributed by atoms with Gasteiger partial charge in [0.2, 0.25) is 0 Å². The van der Waals surface area contributed by atoms with Gasteiger partial charge in [0.1, 0.15) is 0 Å². The van der Waals surface area contributed by atoms with Gasteiger partial charge in [-0.15, -0.1) is 6.58 Å². The molecule has 0 aromatic heterocycles. The van der Waals surface area contributed by atoms with E-state index < -0.39 is 16.6 Å². The Morgan fingerprint density at radius 3 is 1.69 bits per heavy atom. The topological polar surface area (TPSA) is 9.23 Å². The van der Waals surface area contributed by atoms with Crippen molar-refractivity contribution in [1.29, 1.82) is 0 Å². The molecule has 0 rings (SSSR count). The zero-order valence-electron chi connectivity index (χ0n) is 10.2. The smallest absolute Gasteiger partial charge is 0.198 e. The average molecular weight is 216 g/mol. The van der Waals surface area contributed by atoms with Gasteiger partial charge in [-0.2, -0.15) is 0 Å². The first-order chi connectivity index (χ1) is 5.52. The van der Waals surface area contributed by atoms with Crippen LogP contribution >= 0.6 is 0 Å². The molecule has 0 aromatic rings. The summed E-state index contributed by atoms with van der Waals surface area (Å²) in [6.45, 7) is 19.7. The predicted octanol–water partition coefficient (Wildman–Crippen LogP) is 3.94. The number of rotatable bonds is 3. The van der Waals surface area contributed by atoms with E-state index in [1.807, 2.05) is 5.70 Å². The van der Waals surface area contributed by atoms with Crippen molar-refractivity contribution in [3.8, 4) is 0 Å². The van der Waals surface area contributed by atoms with Crippen molar-refractivity contribution >= 4 is 16.6 Å². The van der Waals surface area contributed by atoms with Crippen LogP contribution in [0.3, 0.4) is 0 Å². The maximum Gasteiger partial charge on any atom is 0.198 e. The SMILES string of the molecule is C=C[Si](C)(C)O[Si](C)(C)C(C)(C)C. The van der Waals surface area contributed by atoms with Crippen LogP contribution in [0.1, 0.15) is 20.8 Å². The molecule has 0 aliphatic rings. The summed E-state index contributed by atoms with van der Waals surface area (Å²) in [5.41, 5.74) is 2.02. The highest BCUT2D eigenvalue weighted by Gasteiger charge is 2.40. The van der Waals surface area contributed by atoms with E-state index in [-0.39, 0.29) is 0 Å². The summed E-state index contributed by atoms with van der Waals surface area (Å²) in [5, 5.41) is 0.306. The first kappa shape index (κ1) is 13.1. The molecular formula is C10H24OSi2. The molecule has 0 atom stereocenters. The Kier molecular flexibility index (Phi) is 3.75. The average Bonchev–Trinajstić information content (AvgIpc) is 1.83. The summed E-state index contributed by atoms with van der Waals surface area (Å²) in [7, 11) is -3.17. The van der Waals surface area contributed by atoms with Crippen molar-refractivity contribution in [3.63, 3.8) is 0 Å². The van der Waals surface area contributed by atoms with Gasteiger partial charge in [-0.1, -0.05) is 26.5 Å². The molecule has 1 nitrogen and oxygen atoms in total. The van der Waals surface area contributed by atoms with Crippen LogP contribution in [-0.4, -0.2) is 16.6 Å². The fourth-order valence-corrected chi connectivity index (χ4v) is 7.67. The summed E-state index contributed by atoms with van der Waals surface area (Å²) in [6.07, 6.45) is 0. The summed E-state index contributed by atoms with van der Waals surface area (Å²) in [5.74, 6) is 0. The largest absolute Gasteiger partial charge is 0.452 e. The van der Waals surface area contributed by atoms with E-state index >= 15 is 0 Å². The van der Waals surface area contributed by atoms with Gasteiger partial charge in [-0.3, -0.25) is 0 Å². The Morgan fingerprint density at radius 2 is 1.46 bits per heavy atom. The summed E-state index contributed by atoms with van der Waals surface area (Å²) in [4.78, 5) is 0. The number of hydrogen-bond donors (Lipinski definition) is 0. The van der Waals surface area contributed by atoms with Gasteiger partial charge in [-0.05, 0) is 31.2 Å². The minimum absolute atomic E-state index is 0.306. The molecule has 0 unspecified atom stereocenters. The van der Waals surface area contributed by atoms with Crippen LogP contribution in [0.25, 0.3) is 0 Å². The van der Waals surface area contributed by atoms with Crippen LogP contribution < -0.4 is 0 Å². The van der Waals surface area contributed by atoms with Gasteiger partial charge < -0.3 is 4.12 Å². The molecular weight excluding hydrogens is 192 g/mol. The molecule has 0 fully saturated rings. The minimum atomic E-state index is -1.60. The molecule has 0 aliphatic carbocycles. The molecule has 0 radical (unpaired) electrons. The van der Waals surface area contributed by atoms with Crippen LogP contribution in [0.15, 0.2) is 12.3 Å². The van der Waals surface area contributed by atoms with Crippen LogP contribution in [0.2, 0.25) is 31.2 Å². The fraction of sp³-hybridized carbons (Fsp3) is 0.800. The highest BCUT2D eigenvalue weighted by molar-refractivity contribution is 6.88. The van der Waals surface area contributed by atoms with Crippen LogP contribution in [-0.2, 0) is 4.12 Å². The van der Waals surface area contributed by atoms with E-state index in [0.717, 1.165) is 0 Å². The second kappa shape index (κ2) is 3.71. The normalized spacial score (nSPS) is 14.4. The van der Waals surface area contributed by atoms with E-state index in [9.17, 15) is 0 Å². The standard InChI is InChI=1S/C10H24OSi2/c1-9-12(5,6)11-13(7,8)10(2,3)4/h9H,1H2,2-8H3. The van der Waals surface area contributed by atoms with Crippen LogP contribution in [0.5, 0.6) is 0 Å². The molecule has 3 heteroatoms. The van der Waals surface area contributed by atoms with Crippen molar-refractivity contribution in [2.45, 2.75) is 52.0 Å². The monoisotopic (exact) mass is 216 g/mol. The molecule has 0 N–H and O–H groups in total.